The molecule has 0 radical (unpaired) electrons. The van der Waals surface area contributed by atoms with Crippen LogP contribution in [0.5, 0.6) is 5.75 Å². The lowest BCUT2D eigenvalue weighted by Gasteiger charge is -2.13. The molecule has 0 saturated heterocycles. The van der Waals surface area contributed by atoms with Crippen molar-refractivity contribution in [3.05, 3.63) is 59.7 Å². The summed E-state index contributed by atoms with van der Waals surface area (Å²) >= 11 is 5.25. The van der Waals surface area contributed by atoms with Crippen LogP contribution < -0.4 is 20.7 Å². The summed E-state index contributed by atoms with van der Waals surface area (Å²) < 4.78 is 5.67. The second kappa shape index (κ2) is 12.1. The van der Waals surface area contributed by atoms with Crippen molar-refractivity contribution in [1.82, 2.24) is 10.6 Å². The highest BCUT2D eigenvalue weighted by atomic mass is 32.1. The Kier molecular flexibility index (Phi) is 9.46. The van der Waals surface area contributed by atoms with Gasteiger partial charge in [-0.2, -0.15) is 0 Å². The summed E-state index contributed by atoms with van der Waals surface area (Å²) in [6, 6.07) is 14.0. The topological polar surface area (TPSA) is 79.5 Å². The number of amides is 2. The molecule has 0 aliphatic carbocycles. The summed E-state index contributed by atoms with van der Waals surface area (Å²) in [5, 5.41) is 8.68. The van der Waals surface area contributed by atoms with E-state index >= 15 is 0 Å². The predicted octanol–water partition coefficient (Wildman–Crippen LogP) is 4.77. The second-order valence-electron chi connectivity index (χ2n) is 7.83. The lowest BCUT2D eigenvalue weighted by Crippen LogP contribution is -2.34. The predicted molar refractivity (Wildman–Crippen MR) is 129 cm³/mol. The molecule has 0 spiro atoms. The molecule has 7 heteroatoms. The SMILES string of the molecule is CCC(C)NC(=O)c1cccc(NC(=S)NC(=O)c2ccc(OCCC(C)C)cc2)c1. The zero-order valence-corrected chi connectivity index (χ0v) is 19.3. The molecular weight excluding hydrogens is 410 g/mol. The highest BCUT2D eigenvalue weighted by Crippen LogP contribution is 2.14. The Morgan fingerprint density at radius 3 is 2.35 bits per heavy atom. The largest absolute Gasteiger partial charge is 0.494 e. The number of nitrogens with one attached hydrogen (secondary N) is 3. The molecule has 2 amide bonds. The Morgan fingerprint density at radius 2 is 1.71 bits per heavy atom. The number of anilines is 1. The van der Waals surface area contributed by atoms with Gasteiger partial charge in [0.05, 0.1) is 6.61 Å². The Bertz CT molecular complexity index is 897. The highest BCUT2D eigenvalue weighted by Gasteiger charge is 2.11. The second-order valence-corrected chi connectivity index (χ2v) is 8.24. The first-order valence-electron chi connectivity index (χ1n) is 10.5. The van der Waals surface area contributed by atoms with Crippen LogP contribution in [0.25, 0.3) is 0 Å². The van der Waals surface area contributed by atoms with Crippen LogP contribution in [0.1, 0.15) is 61.3 Å². The van der Waals surface area contributed by atoms with E-state index in [1.165, 1.54) is 0 Å². The number of hydrogen-bond donors (Lipinski definition) is 3. The van der Waals surface area contributed by atoms with Crippen LogP contribution in [-0.2, 0) is 0 Å². The lowest BCUT2D eigenvalue weighted by atomic mass is 10.1. The van der Waals surface area contributed by atoms with E-state index in [-0.39, 0.29) is 23.0 Å². The van der Waals surface area contributed by atoms with Gasteiger partial charge in [0.25, 0.3) is 11.8 Å². The molecule has 0 bridgehead atoms. The van der Waals surface area contributed by atoms with Crippen LogP contribution in [0.15, 0.2) is 48.5 Å². The van der Waals surface area contributed by atoms with Gasteiger partial charge in [-0.05, 0) is 80.4 Å². The summed E-state index contributed by atoms with van der Waals surface area (Å²) in [6.07, 6.45) is 1.83. The molecule has 3 N–H and O–H groups in total. The van der Waals surface area contributed by atoms with Gasteiger partial charge in [0.15, 0.2) is 5.11 Å². The first kappa shape index (κ1) is 24.3. The maximum atomic E-state index is 12.4. The standard InChI is InChI=1S/C24H31N3O3S/c1-5-17(4)25-23(29)19-7-6-8-20(15-19)26-24(31)27-22(28)18-9-11-21(12-10-18)30-14-13-16(2)3/h6-12,15-17H,5,13-14H2,1-4H3,(H,25,29)(H2,26,27,28,31). The van der Waals surface area contributed by atoms with Gasteiger partial charge in [-0.1, -0.05) is 26.8 Å². The van der Waals surface area contributed by atoms with Crippen molar-refractivity contribution in [2.75, 3.05) is 11.9 Å². The Balaban J connectivity index is 1.90. The van der Waals surface area contributed by atoms with E-state index in [2.05, 4.69) is 29.8 Å². The Morgan fingerprint density at radius 1 is 1.00 bits per heavy atom. The van der Waals surface area contributed by atoms with Gasteiger partial charge in [-0.15, -0.1) is 0 Å². The van der Waals surface area contributed by atoms with Crippen molar-refractivity contribution >= 4 is 34.8 Å². The molecule has 1 atom stereocenters. The summed E-state index contributed by atoms with van der Waals surface area (Å²) in [5.74, 6) is 0.833. The van der Waals surface area contributed by atoms with E-state index < -0.39 is 0 Å². The smallest absolute Gasteiger partial charge is 0.257 e. The molecule has 166 valence electrons. The van der Waals surface area contributed by atoms with E-state index in [1.807, 2.05) is 13.8 Å². The highest BCUT2D eigenvalue weighted by molar-refractivity contribution is 7.80. The number of benzene rings is 2. The molecule has 0 aromatic heterocycles. The molecule has 2 aromatic rings. The van der Waals surface area contributed by atoms with E-state index in [0.29, 0.717) is 29.3 Å². The van der Waals surface area contributed by atoms with Crippen molar-refractivity contribution in [2.45, 2.75) is 46.6 Å². The van der Waals surface area contributed by atoms with Crippen LogP contribution in [-0.4, -0.2) is 29.6 Å². The molecule has 0 saturated carbocycles. The number of hydrogen-bond acceptors (Lipinski definition) is 4. The van der Waals surface area contributed by atoms with Crippen molar-refractivity contribution in [2.24, 2.45) is 5.92 Å². The van der Waals surface area contributed by atoms with Crippen LogP contribution in [0.2, 0.25) is 0 Å². The zero-order chi connectivity index (χ0) is 22.8. The average molecular weight is 442 g/mol. The fourth-order valence-corrected chi connectivity index (χ4v) is 2.81. The van der Waals surface area contributed by atoms with Gasteiger partial charge in [0.1, 0.15) is 5.75 Å². The van der Waals surface area contributed by atoms with Crippen molar-refractivity contribution in [3.8, 4) is 5.75 Å². The first-order valence-corrected chi connectivity index (χ1v) is 11.0. The van der Waals surface area contributed by atoms with Crippen LogP contribution in [0.3, 0.4) is 0 Å². The summed E-state index contributed by atoms with van der Waals surface area (Å²) in [7, 11) is 0. The molecule has 2 rings (SSSR count). The number of carbonyl (C=O) groups excluding carboxylic acids is 2. The van der Waals surface area contributed by atoms with E-state index in [1.54, 1.807) is 48.5 Å². The molecule has 0 heterocycles. The first-order chi connectivity index (χ1) is 14.8. The Hall–Kier alpha value is -2.93. The van der Waals surface area contributed by atoms with Crippen LogP contribution >= 0.6 is 12.2 Å². The fraction of sp³-hybridized carbons (Fsp3) is 0.375. The lowest BCUT2D eigenvalue weighted by molar-refractivity contribution is 0.0937. The van der Waals surface area contributed by atoms with Gasteiger partial charge in [-0.25, -0.2) is 0 Å². The van der Waals surface area contributed by atoms with Gasteiger partial charge >= 0.3 is 0 Å². The molecule has 2 aromatic carbocycles. The fourth-order valence-electron chi connectivity index (χ4n) is 2.60. The molecule has 0 aliphatic heterocycles. The van der Waals surface area contributed by atoms with Gasteiger partial charge in [-0.3, -0.25) is 14.9 Å². The number of thiocarbonyl (C=S) groups is 1. The normalized spacial score (nSPS) is 11.5. The minimum atomic E-state index is -0.322. The van der Waals surface area contributed by atoms with E-state index in [9.17, 15) is 9.59 Å². The van der Waals surface area contributed by atoms with Gasteiger partial charge in [0.2, 0.25) is 0 Å². The summed E-state index contributed by atoms with van der Waals surface area (Å²) in [6.45, 7) is 8.90. The molecule has 1 unspecified atom stereocenters. The zero-order valence-electron chi connectivity index (χ0n) is 18.5. The van der Waals surface area contributed by atoms with E-state index in [4.69, 9.17) is 17.0 Å². The van der Waals surface area contributed by atoms with Gasteiger partial charge in [0, 0.05) is 22.9 Å². The third-order valence-electron chi connectivity index (χ3n) is 4.68. The van der Waals surface area contributed by atoms with Crippen LogP contribution in [0, 0.1) is 5.92 Å². The minimum Gasteiger partial charge on any atom is -0.494 e. The molecule has 31 heavy (non-hydrogen) atoms. The van der Waals surface area contributed by atoms with Crippen LogP contribution in [0.4, 0.5) is 5.69 Å². The maximum Gasteiger partial charge on any atom is 0.257 e. The van der Waals surface area contributed by atoms with Crippen molar-refractivity contribution < 1.29 is 14.3 Å². The monoisotopic (exact) mass is 441 g/mol. The number of rotatable bonds is 9. The van der Waals surface area contributed by atoms with E-state index in [0.717, 1.165) is 18.6 Å². The maximum absolute atomic E-state index is 12.4. The average Bonchev–Trinajstić information content (AvgIpc) is 2.73. The quantitative estimate of drug-likeness (QED) is 0.489. The number of ether oxygens (including phenoxy) is 1. The summed E-state index contributed by atoms with van der Waals surface area (Å²) in [5.41, 5.74) is 1.62. The number of carbonyl (C=O) groups is 2. The molecule has 0 fully saturated rings. The Labute approximate surface area is 189 Å². The molecule has 6 nitrogen and oxygen atoms in total. The molecule has 0 aliphatic rings. The molecular formula is C24H31N3O3S. The minimum absolute atomic E-state index is 0.0940. The third-order valence-corrected chi connectivity index (χ3v) is 4.88. The summed E-state index contributed by atoms with van der Waals surface area (Å²) in [4.78, 5) is 24.7. The van der Waals surface area contributed by atoms with Gasteiger partial charge < -0.3 is 15.4 Å². The van der Waals surface area contributed by atoms with Crippen molar-refractivity contribution in [1.29, 1.82) is 0 Å². The van der Waals surface area contributed by atoms with Crippen molar-refractivity contribution in [3.63, 3.8) is 0 Å². The third kappa shape index (κ3) is 8.38.